The number of carboxylic acid groups (broad SMARTS) is 1. The molecule has 36 heavy (non-hydrogen) atoms. The molecule has 9 heteroatoms. The van der Waals surface area contributed by atoms with E-state index in [0.717, 1.165) is 28.7 Å². The molecule has 3 aromatic carbocycles. The van der Waals surface area contributed by atoms with E-state index in [9.17, 15) is 14.7 Å². The second kappa shape index (κ2) is 12.4. The van der Waals surface area contributed by atoms with Gasteiger partial charge in [0.1, 0.15) is 5.82 Å². The van der Waals surface area contributed by atoms with Gasteiger partial charge in [-0.1, -0.05) is 61.2 Å². The van der Waals surface area contributed by atoms with E-state index >= 15 is 0 Å². The van der Waals surface area contributed by atoms with Gasteiger partial charge in [-0.25, -0.2) is 4.79 Å². The molecule has 2 N–H and O–H groups in total. The zero-order valence-electron chi connectivity index (χ0n) is 19.8. The lowest BCUT2D eigenvalue weighted by Gasteiger charge is -2.12. The molecular formula is C27H26N4O3S2. The first-order valence-electron chi connectivity index (χ1n) is 11.5. The van der Waals surface area contributed by atoms with E-state index in [1.807, 2.05) is 42.5 Å². The highest BCUT2D eigenvalue weighted by atomic mass is 32.2. The number of aromatic carboxylic acids is 1. The molecule has 4 rings (SSSR count). The van der Waals surface area contributed by atoms with Crippen LogP contribution in [0.25, 0.3) is 0 Å². The van der Waals surface area contributed by atoms with E-state index in [-0.39, 0.29) is 11.1 Å². The minimum atomic E-state index is -1.14. The van der Waals surface area contributed by atoms with Crippen LogP contribution in [0.2, 0.25) is 0 Å². The van der Waals surface area contributed by atoms with Crippen molar-refractivity contribution >= 4 is 41.1 Å². The van der Waals surface area contributed by atoms with Crippen molar-refractivity contribution in [3.8, 4) is 0 Å². The molecule has 0 fully saturated rings. The van der Waals surface area contributed by atoms with Gasteiger partial charge in [0.25, 0.3) is 5.91 Å². The third-order valence-corrected chi connectivity index (χ3v) is 7.48. The van der Waals surface area contributed by atoms with E-state index in [1.165, 1.54) is 17.0 Å². The van der Waals surface area contributed by atoms with Crippen LogP contribution in [-0.4, -0.2) is 37.5 Å². The standard InChI is InChI=1S/C27H26N4O3S2/c1-2-16-35-27-30-29-24(18-36-21-8-4-3-5-9-21)31(27)17-19-12-14-20(15-13-19)28-25(32)22-10-6-7-11-23(22)26(33)34/h3-15H,2,16-18H2,1H3,(H,28,32)(H,33,34). The average molecular weight is 519 g/mol. The highest BCUT2D eigenvalue weighted by molar-refractivity contribution is 7.99. The lowest BCUT2D eigenvalue weighted by molar-refractivity contribution is 0.0692. The Labute approximate surface area is 218 Å². The molecule has 0 saturated heterocycles. The molecule has 0 aliphatic rings. The number of thioether (sulfide) groups is 2. The van der Waals surface area contributed by atoms with Crippen molar-refractivity contribution in [3.63, 3.8) is 0 Å². The van der Waals surface area contributed by atoms with E-state index in [4.69, 9.17) is 0 Å². The van der Waals surface area contributed by atoms with Crippen LogP contribution >= 0.6 is 23.5 Å². The maximum Gasteiger partial charge on any atom is 0.336 e. The van der Waals surface area contributed by atoms with Crippen LogP contribution in [0.15, 0.2) is 88.9 Å². The van der Waals surface area contributed by atoms with Gasteiger partial charge >= 0.3 is 5.97 Å². The van der Waals surface area contributed by atoms with E-state index < -0.39 is 11.9 Å². The summed E-state index contributed by atoms with van der Waals surface area (Å²) in [5.74, 6) is 0.985. The van der Waals surface area contributed by atoms with Gasteiger partial charge < -0.3 is 15.0 Å². The third kappa shape index (κ3) is 6.56. The number of rotatable bonds is 11. The average Bonchev–Trinajstić information content (AvgIpc) is 3.28. The number of carboxylic acids is 1. The normalized spacial score (nSPS) is 10.8. The first-order valence-corrected chi connectivity index (χ1v) is 13.5. The summed E-state index contributed by atoms with van der Waals surface area (Å²) in [7, 11) is 0. The zero-order chi connectivity index (χ0) is 25.3. The van der Waals surface area contributed by atoms with Crippen LogP contribution in [-0.2, 0) is 12.3 Å². The van der Waals surface area contributed by atoms with Gasteiger partial charge in [0, 0.05) is 16.3 Å². The monoisotopic (exact) mass is 518 g/mol. The fraction of sp³-hybridized carbons (Fsp3) is 0.185. The number of aromatic nitrogens is 3. The summed E-state index contributed by atoms with van der Waals surface area (Å²) in [4.78, 5) is 25.3. The molecule has 0 saturated carbocycles. The van der Waals surface area contributed by atoms with Crippen LogP contribution in [0.1, 0.15) is 45.4 Å². The molecule has 0 bridgehead atoms. The maximum atomic E-state index is 12.7. The molecule has 4 aromatic rings. The van der Waals surface area contributed by atoms with Gasteiger partial charge in [0.15, 0.2) is 5.16 Å². The van der Waals surface area contributed by atoms with Gasteiger partial charge in [-0.15, -0.1) is 22.0 Å². The highest BCUT2D eigenvalue weighted by Gasteiger charge is 2.16. The Morgan fingerprint density at radius 1 is 0.889 bits per heavy atom. The molecule has 0 radical (unpaired) electrons. The van der Waals surface area contributed by atoms with Crippen LogP contribution < -0.4 is 5.32 Å². The van der Waals surface area contributed by atoms with Crippen molar-refractivity contribution in [2.45, 2.75) is 35.7 Å². The Balaban J connectivity index is 1.47. The number of nitrogens with one attached hydrogen (secondary N) is 1. The summed E-state index contributed by atoms with van der Waals surface area (Å²) < 4.78 is 2.15. The van der Waals surface area contributed by atoms with Gasteiger partial charge in [0.05, 0.1) is 23.4 Å². The van der Waals surface area contributed by atoms with Crippen LogP contribution in [0.4, 0.5) is 5.69 Å². The summed E-state index contributed by atoms with van der Waals surface area (Å²) in [5.41, 5.74) is 1.73. The molecule has 1 aromatic heterocycles. The van der Waals surface area contributed by atoms with Crippen molar-refractivity contribution in [2.24, 2.45) is 0 Å². The number of carbonyl (C=O) groups is 2. The minimum Gasteiger partial charge on any atom is -0.478 e. The van der Waals surface area contributed by atoms with E-state index in [1.54, 1.807) is 35.7 Å². The molecule has 1 heterocycles. The predicted molar refractivity (Wildman–Crippen MR) is 144 cm³/mol. The second-order valence-corrected chi connectivity index (χ2v) is 10.0. The van der Waals surface area contributed by atoms with E-state index in [2.05, 4.69) is 39.1 Å². The summed E-state index contributed by atoms with van der Waals surface area (Å²) in [6.07, 6.45) is 1.05. The number of benzene rings is 3. The topological polar surface area (TPSA) is 97.1 Å². The smallest absolute Gasteiger partial charge is 0.336 e. The Bertz CT molecular complexity index is 1320. The first kappa shape index (κ1) is 25.5. The summed E-state index contributed by atoms with van der Waals surface area (Å²) in [6, 6.07) is 23.9. The van der Waals surface area contributed by atoms with Gasteiger partial charge in [0.2, 0.25) is 0 Å². The largest absolute Gasteiger partial charge is 0.478 e. The SMILES string of the molecule is CCCSc1nnc(CSc2ccccc2)n1Cc1ccc(NC(=O)c2ccccc2C(=O)O)cc1. The number of nitrogens with zero attached hydrogens (tertiary/aromatic N) is 3. The molecule has 0 unspecified atom stereocenters. The Morgan fingerprint density at radius 3 is 2.28 bits per heavy atom. The van der Waals surface area contributed by atoms with Crippen LogP contribution in [0, 0.1) is 0 Å². The second-order valence-electron chi connectivity index (χ2n) is 7.94. The van der Waals surface area contributed by atoms with Crippen molar-refractivity contribution < 1.29 is 14.7 Å². The number of carbonyl (C=O) groups excluding carboxylic acids is 1. The van der Waals surface area contributed by atoms with Gasteiger partial charge in [-0.05, 0) is 48.4 Å². The Morgan fingerprint density at radius 2 is 1.58 bits per heavy atom. The minimum absolute atomic E-state index is 0.0303. The molecule has 184 valence electrons. The van der Waals surface area contributed by atoms with Crippen molar-refractivity contribution in [2.75, 3.05) is 11.1 Å². The molecule has 0 aliphatic heterocycles. The third-order valence-electron chi connectivity index (χ3n) is 5.29. The van der Waals surface area contributed by atoms with Gasteiger partial charge in [-0.3, -0.25) is 4.79 Å². The zero-order valence-corrected chi connectivity index (χ0v) is 21.4. The molecule has 0 aliphatic carbocycles. The van der Waals surface area contributed by atoms with Crippen molar-refractivity contribution in [1.82, 2.24) is 14.8 Å². The first-order chi connectivity index (χ1) is 17.5. The quantitative estimate of drug-likeness (QED) is 0.233. The number of hydrogen-bond donors (Lipinski definition) is 2. The Kier molecular flexibility index (Phi) is 8.80. The lowest BCUT2D eigenvalue weighted by Crippen LogP contribution is -2.16. The Hall–Kier alpha value is -3.56. The van der Waals surface area contributed by atoms with Crippen LogP contribution in [0.5, 0.6) is 0 Å². The maximum absolute atomic E-state index is 12.7. The number of anilines is 1. The highest BCUT2D eigenvalue weighted by Crippen LogP contribution is 2.26. The molecule has 0 spiro atoms. The number of hydrogen-bond acceptors (Lipinski definition) is 6. The summed E-state index contributed by atoms with van der Waals surface area (Å²) in [6.45, 7) is 2.75. The van der Waals surface area contributed by atoms with Crippen molar-refractivity contribution in [1.29, 1.82) is 0 Å². The molecular weight excluding hydrogens is 492 g/mol. The molecule has 1 amide bonds. The summed E-state index contributed by atoms with van der Waals surface area (Å²) >= 11 is 3.42. The fourth-order valence-corrected chi connectivity index (χ4v) is 5.16. The van der Waals surface area contributed by atoms with Crippen LogP contribution in [0.3, 0.4) is 0 Å². The predicted octanol–water partition coefficient (Wildman–Crippen LogP) is 6.07. The molecule has 0 atom stereocenters. The lowest BCUT2D eigenvalue weighted by atomic mass is 10.1. The van der Waals surface area contributed by atoms with E-state index in [0.29, 0.717) is 18.0 Å². The molecule has 7 nitrogen and oxygen atoms in total. The fourth-order valence-electron chi connectivity index (χ4n) is 3.49. The van der Waals surface area contributed by atoms with Crippen molar-refractivity contribution in [3.05, 3.63) is 101 Å². The number of amides is 1. The summed E-state index contributed by atoms with van der Waals surface area (Å²) in [5, 5.41) is 21.9. The van der Waals surface area contributed by atoms with Gasteiger partial charge in [-0.2, -0.15) is 0 Å².